The number of amides is 1. The summed E-state index contributed by atoms with van der Waals surface area (Å²) in [6, 6.07) is 10.3. The maximum absolute atomic E-state index is 14.3. The van der Waals surface area contributed by atoms with Gasteiger partial charge in [-0.3, -0.25) is 4.79 Å². The van der Waals surface area contributed by atoms with Crippen molar-refractivity contribution in [2.75, 3.05) is 43.7 Å². The zero-order valence-electron chi connectivity index (χ0n) is 18.0. The number of carbonyl (C=O) groups is 1. The van der Waals surface area contributed by atoms with Crippen molar-refractivity contribution in [2.45, 2.75) is 0 Å². The maximum atomic E-state index is 14.3. The van der Waals surface area contributed by atoms with Crippen LogP contribution in [0, 0.1) is 5.82 Å². The summed E-state index contributed by atoms with van der Waals surface area (Å²) in [6.07, 6.45) is 5.85. The van der Waals surface area contributed by atoms with Crippen LogP contribution in [-0.4, -0.2) is 53.5 Å². The summed E-state index contributed by atoms with van der Waals surface area (Å²) in [6.45, 7) is 0.658. The first-order valence-corrected chi connectivity index (χ1v) is 9.72. The normalized spacial score (nSPS) is 10.9. The fourth-order valence-corrected chi connectivity index (χ4v) is 2.59. The van der Waals surface area contributed by atoms with E-state index in [1.807, 2.05) is 19.0 Å². The smallest absolute Gasteiger partial charge is 0.248 e. The topological polar surface area (TPSA) is 104 Å². The third-order valence-corrected chi connectivity index (χ3v) is 4.08. The van der Waals surface area contributed by atoms with Gasteiger partial charge in [0.2, 0.25) is 17.7 Å². The molecule has 0 fully saturated rings. The Morgan fingerprint density at radius 1 is 1.09 bits per heavy atom. The molecule has 0 saturated carbocycles. The number of methoxy groups -OCH3 is 1. The Hall–Kier alpha value is -4.05. The van der Waals surface area contributed by atoms with Crippen LogP contribution in [0.25, 0.3) is 0 Å². The molecule has 0 aliphatic rings. The summed E-state index contributed by atoms with van der Waals surface area (Å²) in [5.74, 6) is -0.228. The third kappa shape index (κ3) is 6.74. The highest BCUT2D eigenvalue weighted by molar-refractivity contribution is 5.99. The van der Waals surface area contributed by atoms with Crippen molar-refractivity contribution >= 4 is 34.7 Å². The molecule has 32 heavy (non-hydrogen) atoms. The highest BCUT2D eigenvalue weighted by Crippen LogP contribution is 2.23. The minimum absolute atomic E-state index is 0.0154. The number of carbonyl (C=O) groups excluding carboxylic acids is 1. The summed E-state index contributed by atoms with van der Waals surface area (Å²) in [5, 5.41) is 8.64. The van der Waals surface area contributed by atoms with Gasteiger partial charge in [0.25, 0.3) is 0 Å². The van der Waals surface area contributed by atoms with E-state index in [4.69, 9.17) is 4.74 Å². The molecule has 1 amide bonds. The lowest BCUT2D eigenvalue weighted by molar-refractivity contribution is -0.111. The Bertz CT molecular complexity index is 1090. The zero-order chi connectivity index (χ0) is 22.9. The second-order valence-corrected chi connectivity index (χ2v) is 6.96. The van der Waals surface area contributed by atoms with Gasteiger partial charge in [0, 0.05) is 30.1 Å². The van der Waals surface area contributed by atoms with E-state index in [1.165, 1.54) is 13.2 Å². The molecule has 3 N–H and O–H groups in total. The number of benzene rings is 1. The monoisotopic (exact) mass is 437 g/mol. The molecule has 0 bridgehead atoms. The number of aromatic nitrogens is 3. The lowest BCUT2D eigenvalue weighted by Gasteiger charge is -2.11. The maximum Gasteiger partial charge on any atom is 0.248 e. The van der Waals surface area contributed by atoms with E-state index in [1.54, 1.807) is 48.7 Å². The van der Waals surface area contributed by atoms with E-state index < -0.39 is 5.82 Å². The molecule has 10 heteroatoms. The molecule has 0 unspecified atom stereocenters. The number of likely N-dealkylation sites (N-methyl/N-ethyl adjacent to an activating group) is 1. The number of nitrogens with zero attached hydrogens (tertiary/aromatic N) is 4. The van der Waals surface area contributed by atoms with E-state index in [-0.39, 0.29) is 17.7 Å². The molecular formula is C22H24FN7O2. The van der Waals surface area contributed by atoms with E-state index in [9.17, 15) is 9.18 Å². The predicted molar refractivity (Wildman–Crippen MR) is 122 cm³/mol. The molecule has 3 aromatic rings. The van der Waals surface area contributed by atoms with Gasteiger partial charge < -0.3 is 25.6 Å². The summed E-state index contributed by atoms with van der Waals surface area (Å²) >= 11 is 0. The summed E-state index contributed by atoms with van der Waals surface area (Å²) in [4.78, 5) is 26.2. The van der Waals surface area contributed by atoms with Crippen LogP contribution >= 0.6 is 0 Å². The lowest BCUT2D eigenvalue weighted by atomic mass is 10.2. The summed E-state index contributed by atoms with van der Waals surface area (Å²) < 4.78 is 19.3. The largest absolute Gasteiger partial charge is 0.481 e. The minimum Gasteiger partial charge on any atom is -0.481 e. The molecule has 3 rings (SSSR count). The lowest BCUT2D eigenvalue weighted by Crippen LogP contribution is -2.13. The van der Waals surface area contributed by atoms with Crippen LogP contribution in [0.15, 0.2) is 60.9 Å². The summed E-state index contributed by atoms with van der Waals surface area (Å²) in [7, 11) is 5.36. The number of nitrogens with one attached hydrogen (secondary N) is 3. The third-order valence-electron chi connectivity index (χ3n) is 4.08. The van der Waals surface area contributed by atoms with Gasteiger partial charge in [0.15, 0.2) is 11.6 Å². The molecule has 2 aromatic heterocycles. The standard InChI is InChI=1S/C22H24FN7O2/c1-30(2)11-5-8-19(31)26-15-6-4-7-16(12-15)27-21-18(23)14-25-22(29-21)28-17-9-10-20(32-3)24-13-17/h4-10,12-14H,11H2,1-3H3,(H,26,31)(H2,25,27,28,29). The zero-order valence-corrected chi connectivity index (χ0v) is 18.0. The van der Waals surface area contributed by atoms with Crippen LogP contribution < -0.4 is 20.7 Å². The molecule has 166 valence electrons. The molecule has 0 aliphatic carbocycles. The van der Waals surface area contributed by atoms with Gasteiger partial charge in [0.05, 0.1) is 25.2 Å². The van der Waals surface area contributed by atoms with Gasteiger partial charge in [-0.05, 0) is 38.4 Å². The predicted octanol–water partition coefficient (Wildman–Crippen LogP) is 3.56. The van der Waals surface area contributed by atoms with Gasteiger partial charge in [-0.1, -0.05) is 12.1 Å². The van der Waals surface area contributed by atoms with Gasteiger partial charge in [-0.2, -0.15) is 4.98 Å². The van der Waals surface area contributed by atoms with Crippen molar-refractivity contribution in [3.8, 4) is 5.88 Å². The molecule has 0 radical (unpaired) electrons. The molecular weight excluding hydrogens is 413 g/mol. The van der Waals surface area contributed by atoms with Gasteiger partial charge in [0.1, 0.15) is 0 Å². The number of ether oxygens (including phenoxy) is 1. The van der Waals surface area contributed by atoms with Gasteiger partial charge in [-0.25, -0.2) is 14.4 Å². The first-order chi connectivity index (χ1) is 15.4. The number of hydrogen-bond acceptors (Lipinski definition) is 8. The van der Waals surface area contributed by atoms with E-state index >= 15 is 0 Å². The molecule has 1 aromatic carbocycles. The Morgan fingerprint density at radius 2 is 1.91 bits per heavy atom. The molecule has 9 nitrogen and oxygen atoms in total. The number of pyridine rings is 1. The fourth-order valence-electron chi connectivity index (χ4n) is 2.59. The van der Waals surface area contributed by atoms with Gasteiger partial charge in [-0.15, -0.1) is 0 Å². The Balaban J connectivity index is 1.68. The van der Waals surface area contributed by atoms with Crippen molar-refractivity contribution in [3.63, 3.8) is 0 Å². The van der Waals surface area contributed by atoms with Crippen LogP contribution in [0.3, 0.4) is 0 Å². The average Bonchev–Trinajstić information content (AvgIpc) is 2.76. The Kier molecular flexibility index (Phi) is 7.65. The fraction of sp³-hybridized carbons (Fsp3) is 0.182. The quantitative estimate of drug-likeness (QED) is 0.437. The van der Waals surface area contributed by atoms with E-state index in [0.29, 0.717) is 29.5 Å². The van der Waals surface area contributed by atoms with Crippen LogP contribution in [-0.2, 0) is 4.79 Å². The second-order valence-electron chi connectivity index (χ2n) is 6.96. The summed E-state index contributed by atoms with van der Waals surface area (Å²) in [5.41, 5.74) is 1.73. The van der Waals surface area contributed by atoms with Crippen molar-refractivity contribution in [3.05, 3.63) is 66.8 Å². The number of hydrogen-bond donors (Lipinski definition) is 3. The van der Waals surface area contributed by atoms with E-state index in [0.717, 1.165) is 6.20 Å². The van der Waals surface area contributed by atoms with E-state index in [2.05, 4.69) is 30.9 Å². The van der Waals surface area contributed by atoms with Crippen LogP contribution in [0.5, 0.6) is 5.88 Å². The highest BCUT2D eigenvalue weighted by atomic mass is 19.1. The van der Waals surface area contributed by atoms with Crippen molar-refractivity contribution in [1.82, 2.24) is 19.9 Å². The highest BCUT2D eigenvalue weighted by Gasteiger charge is 2.09. The average molecular weight is 437 g/mol. The van der Waals surface area contributed by atoms with Crippen LogP contribution in [0.4, 0.5) is 33.2 Å². The number of anilines is 5. The first-order valence-electron chi connectivity index (χ1n) is 9.72. The Labute approximate surface area is 185 Å². The molecule has 0 spiro atoms. The van der Waals surface area contributed by atoms with Crippen molar-refractivity contribution in [1.29, 1.82) is 0 Å². The molecule has 0 saturated heterocycles. The van der Waals surface area contributed by atoms with Crippen molar-refractivity contribution < 1.29 is 13.9 Å². The molecule has 2 heterocycles. The minimum atomic E-state index is -0.621. The number of halogens is 1. The number of rotatable bonds is 9. The SMILES string of the molecule is COc1ccc(Nc2ncc(F)c(Nc3cccc(NC(=O)C=CCN(C)C)c3)n2)cn1. The van der Waals surface area contributed by atoms with Crippen LogP contribution in [0.1, 0.15) is 0 Å². The van der Waals surface area contributed by atoms with Gasteiger partial charge >= 0.3 is 0 Å². The molecule has 0 aliphatic heterocycles. The second kappa shape index (κ2) is 10.8. The first kappa shape index (κ1) is 22.6. The van der Waals surface area contributed by atoms with Crippen LogP contribution in [0.2, 0.25) is 0 Å². The van der Waals surface area contributed by atoms with Crippen molar-refractivity contribution in [2.24, 2.45) is 0 Å². The Morgan fingerprint density at radius 3 is 2.62 bits per heavy atom. The molecule has 0 atom stereocenters.